The summed E-state index contributed by atoms with van der Waals surface area (Å²) < 4.78 is 20.5. The fourth-order valence-electron chi connectivity index (χ4n) is 4.78. The number of unbranched alkanes of at least 4 members (excludes halogenated alkanes) is 9. The average Bonchev–Trinajstić information content (AvgIpc) is 2.96. The summed E-state index contributed by atoms with van der Waals surface area (Å²) in [6.45, 7) is 8.79. The molecule has 0 aliphatic heterocycles. The number of pyridine rings is 1. The fraction of sp³-hybridized carbons (Fsp3) is 0.559. The number of aryl methyl sites for hydroxylation is 1. The fourth-order valence-corrected chi connectivity index (χ4v) is 4.78. The molecule has 214 valence electrons. The first-order valence-corrected chi connectivity index (χ1v) is 15.3. The SMILES string of the molecule is CCCCCCCCn1c(=O)c(OCc2ccccc2)c(OCCCCCC)c2ccc(OCCCC)cc21. The van der Waals surface area contributed by atoms with Crippen molar-refractivity contribution in [1.82, 2.24) is 4.57 Å². The Morgan fingerprint density at radius 2 is 1.31 bits per heavy atom. The van der Waals surface area contributed by atoms with Crippen molar-refractivity contribution in [2.45, 2.75) is 111 Å². The second-order valence-electron chi connectivity index (χ2n) is 10.4. The zero-order valence-electron chi connectivity index (χ0n) is 24.5. The van der Waals surface area contributed by atoms with Gasteiger partial charge in [0.25, 0.3) is 5.56 Å². The van der Waals surface area contributed by atoms with E-state index in [9.17, 15) is 4.79 Å². The van der Waals surface area contributed by atoms with Gasteiger partial charge in [0, 0.05) is 18.0 Å². The lowest BCUT2D eigenvalue weighted by molar-refractivity contribution is 0.255. The highest BCUT2D eigenvalue weighted by Gasteiger charge is 2.21. The van der Waals surface area contributed by atoms with E-state index in [1.807, 2.05) is 53.1 Å². The average molecular weight is 536 g/mol. The maximum absolute atomic E-state index is 14.0. The quantitative estimate of drug-likeness (QED) is 0.135. The molecule has 0 saturated heterocycles. The summed E-state index contributed by atoms with van der Waals surface area (Å²) in [6, 6.07) is 16.0. The molecular formula is C34H49NO4. The molecule has 1 aromatic heterocycles. The molecule has 0 bridgehead atoms. The third-order valence-corrected chi connectivity index (χ3v) is 7.12. The highest BCUT2D eigenvalue weighted by molar-refractivity contribution is 5.89. The van der Waals surface area contributed by atoms with Crippen LogP contribution in [0.1, 0.15) is 103 Å². The van der Waals surface area contributed by atoms with Gasteiger partial charge in [-0.25, -0.2) is 0 Å². The molecule has 5 nitrogen and oxygen atoms in total. The Balaban J connectivity index is 1.98. The minimum Gasteiger partial charge on any atom is -0.494 e. The van der Waals surface area contributed by atoms with Crippen LogP contribution >= 0.6 is 0 Å². The topological polar surface area (TPSA) is 49.7 Å². The van der Waals surface area contributed by atoms with Crippen molar-refractivity contribution in [2.24, 2.45) is 0 Å². The summed E-state index contributed by atoms with van der Waals surface area (Å²) >= 11 is 0. The lowest BCUT2D eigenvalue weighted by atomic mass is 10.1. The zero-order valence-corrected chi connectivity index (χ0v) is 24.5. The van der Waals surface area contributed by atoms with Crippen LogP contribution in [0.25, 0.3) is 10.9 Å². The van der Waals surface area contributed by atoms with E-state index >= 15 is 0 Å². The van der Waals surface area contributed by atoms with Gasteiger partial charge in [0.15, 0.2) is 5.75 Å². The summed E-state index contributed by atoms with van der Waals surface area (Å²) in [6.07, 6.45) is 13.5. The van der Waals surface area contributed by atoms with E-state index in [0.29, 0.717) is 37.9 Å². The predicted molar refractivity (Wildman–Crippen MR) is 162 cm³/mol. The number of hydrogen-bond donors (Lipinski definition) is 0. The maximum Gasteiger partial charge on any atom is 0.297 e. The minimum absolute atomic E-state index is 0.124. The van der Waals surface area contributed by atoms with Crippen LogP contribution in [0, 0.1) is 0 Å². The molecule has 1 heterocycles. The first kappa shape index (κ1) is 30.6. The monoisotopic (exact) mass is 535 g/mol. The summed E-state index contributed by atoms with van der Waals surface area (Å²) in [5.41, 5.74) is 1.76. The van der Waals surface area contributed by atoms with Crippen molar-refractivity contribution in [2.75, 3.05) is 13.2 Å². The minimum atomic E-state index is -0.124. The number of rotatable bonds is 20. The van der Waals surface area contributed by atoms with E-state index in [-0.39, 0.29) is 5.56 Å². The number of ether oxygens (including phenoxy) is 3. The molecular weight excluding hydrogens is 486 g/mol. The van der Waals surface area contributed by atoms with Gasteiger partial charge in [0.2, 0.25) is 5.75 Å². The van der Waals surface area contributed by atoms with Crippen molar-refractivity contribution >= 4 is 10.9 Å². The summed E-state index contributed by atoms with van der Waals surface area (Å²) in [5, 5.41) is 0.905. The smallest absolute Gasteiger partial charge is 0.297 e. The van der Waals surface area contributed by atoms with E-state index in [4.69, 9.17) is 14.2 Å². The molecule has 2 aromatic carbocycles. The lowest BCUT2D eigenvalue weighted by Gasteiger charge is -2.19. The standard InChI is InChI=1S/C34H49NO4/c1-4-7-10-12-13-17-23-35-31-26-29(37-24-9-6-3)21-22-30(31)32(38-25-18-11-8-5-2)33(34(35)36)39-27-28-19-15-14-16-20-28/h14-16,19-22,26H,4-13,17-18,23-25,27H2,1-3H3. The Bertz CT molecular complexity index is 1160. The van der Waals surface area contributed by atoms with Crippen LogP contribution < -0.4 is 19.8 Å². The van der Waals surface area contributed by atoms with E-state index in [2.05, 4.69) is 20.8 Å². The van der Waals surface area contributed by atoms with Gasteiger partial charge in [0.05, 0.1) is 18.7 Å². The second kappa shape index (κ2) is 17.6. The zero-order chi connectivity index (χ0) is 27.7. The molecule has 0 spiro atoms. The van der Waals surface area contributed by atoms with Crippen molar-refractivity contribution in [3.63, 3.8) is 0 Å². The highest BCUT2D eigenvalue weighted by atomic mass is 16.5. The molecule has 0 fully saturated rings. The van der Waals surface area contributed by atoms with Gasteiger partial charge in [-0.3, -0.25) is 4.79 Å². The van der Waals surface area contributed by atoms with E-state index < -0.39 is 0 Å². The molecule has 0 saturated carbocycles. The van der Waals surface area contributed by atoms with Gasteiger partial charge in [-0.1, -0.05) is 109 Å². The molecule has 0 atom stereocenters. The van der Waals surface area contributed by atoms with E-state index in [1.54, 1.807) is 0 Å². The molecule has 0 unspecified atom stereocenters. The summed E-state index contributed by atoms with van der Waals surface area (Å²) in [5.74, 6) is 1.66. The van der Waals surface area contributed by atoms with Gasteiger partial charge in [-0.2, -0.15) is 0 Å². The van der Waals surface area contributed by atoms with Crippen molar-refractivity contribution in [3.05, 3.63) is 64.4 Å². The number of fused-ring (bicyclic) bond motifs is 1. The largest absolute Gasteiger partial charge is 0.494 e. The number of aromatic nitrogens is 1. The Kier molecular flexibility index (Phi) is 13.8. The number of hydrogen-bond acceptors (Lipinski definition) is 4. The van der Waals surface area contributed by atoms with Crippen molar-refractivity contribution in [1.29, 1.82) is 0 Å². The van der Waals surface area contributed by atoms with Crippen LogP contribution in [0.4, 0.5) is 0 Å². The van der Waals surface area contributed by atoms with Crippen molar-refractivity contribution < 1.29 is 14.2 Å². The molecule has 3 aromatic rings. The molecule has 0 amide bonds. The predicted octanol–water partition coefficient (Wildman–Crippen LogP) is 9.08. The van der Waals surface area contributed by atoms with Crippen LogP contribution in [0.2, 0.25) is 0 Å². The first-order chi connectivity index (χ1) is 19.2. The van der Waals surface area contributed by atoms with Gasteiger partial charge in [-0.15, -0.1) is 0 Å². The molecule has 3 rings (SSSR count). The van der Waals surface area contributed by atoms with Gasteiger partial charge >= 0.3 is 0 Å². The second-order valence-corrected chi connectivity index (χ2v) is 10.4. The molecule has 5 heteroatoms. The molecule has 0 radical (unpaired) electrons. The summed E-state index contributed by atoms with van der Waals surface area (Å²) in [4.78, 5) is 14.0. The van der Waals surface area contributed by atoms with Crippen LogP contribution in [0.5, 0.6) is 17.2 Å². The third-order valence-electron chi connectivity index (χ3n) is 7.12. The molecule has 0 aliphatic carbocycles. The van der Waals surface area contributed by atoms with E-state index in [0.717, 1.165) is 60.7 Å². The normalized spacial score (nSPS) is 11.2. The Morgan fingerprint density at radius 3 is 2.05 bits per heavy atom. The van der Waals surface area contributed by atoms with Gasteiger partial charge in [-0.05, 0) is 37.0 Å². The highest BCUT2D eigenvalue weighted by Crippen LogP contribution is 2.35. The number of benzene rings is 2. The van der Waals surface area contributed by atoms with Crippen LogP contribution in [-0.2, 0) is 13.2 Å². The lowest BCUT2D eigenvalue weighted by Crippen LogP contribution is -2.24. The molecule has 0 aliphatic rings. The first-order valence-electron chi connectivity index (χ1n) is 15.3. The Morgan fingerprint density at radius 1 is 0.641 bits per heavy atom. The van der Waals surface area contributed by atoms with Crippen LogP contribution in [0.15, 0.2) is 53.3 Å². The van der Waals surface area contributed by atoms with Gasteiger partial charge in [0.1, 0.15) is 12.4 Å². The van der Waals surface area contributed by atoms with Gasteiger partial charge < -0.3 is 18.8 Å². The Labute approximate surface area is 235 Å². The maximum atomic E-state index is 14.0. The van der Waals surface area contributed by atoms with E-state index in [1.165, 1.54) is 38.5 Å². The number of nitrogens with zero attached hydrogens (tertiary/aromatic N) is 1. The third kappa shape index (κ3) is 9.63. The molecule has 0 N–H and O–H groups in total. The summed E-state index contributed by atoms with van der Waals surface area (Å²) in [7, 11) is 0. The Hall–Kier alpha value is -2.95. The van der Waals surface area contributed by atoms with Crippen LogP contribution in [-0.4, -0.2) is 17.8 Å². The molecule has 39 heavy (non-hydrogen) atoms. The van der Waals surface area contributed by atoms with Crippen molar-refractivity contribution in [3.8, 4) is 17.2 Å². The van der Waals surface area contributed by atoms with Crippen LogP contribution in [0.3, 0.4) is 0 Å².